The Balaban J connectivity index is 2.88. The number of allylic oxidation sites excluding steroid dienone is 4. The van der Waals surface area contributed by atoms with Crippen molar-refractivity contribution >= 4 is 22.9 Å². The van der Waals surface area contributed by atoms with Crippen molar-refractivity contribution in [3.8, 4) is 0 Å². The van der Waals surface area contributed by atoms with Crippen LogP contribution in [0.25, 0.3) is 0 Å². The molecule has 2 rings (SSSR count). The van der Waals surface area contributed by atoms with Gasteiger partial charge < -0.3 is 11.5 Å². The Bertz CT molecular complexity index is 584. The molecule has 0 aromatic heterocycles. The van der Waals surface area contributed by atoms with Gasteiger partial charge in [-0.3, -0.25) is 9.59 Å². The number of nitrogen functional groups attached to an aromatic ring is 2. The number of carbonyl (C=O) groups excluding carboxylic acids is 2. The molecular formula is C14H12N2O2. The van der Waals surface area contributed by atoms with Gasteiger partial charge in [0.25, 0.3) is 0 Å². The number of hydrogen-bond donors (Lipinski definition) is 2. The Morgan fingerprint density at radius 1 is 0.833 bits per heavy atom. The highest BCUT2D eigenvalue weighted by molar-refractivity contribution is 6.32. The van der Waals surface area contributed by atoms with E-state index in [1.807, 2.05) is 0 Å². The predicted octanol–water partition coefficient (Wildman–Crippen LogP) is 1.90. The van der Waals surface area contributed by atoms with Crippen molar-refractivity contribution in [1.82, 2.24) is 0 Å². The summed E-state index contributed by atoms with van der Waals surface area (Å²) in [7, 11) is 0. The summed E-state index contributed by atoms with van der Waals surface area (Å²) in [5.74, 6) is -0.696. The second-order valence-electron chi connectivity index (χ2n) is 3.89. The van der Waals surface area contributed by atoms with E-state index in [1.165, 1.54) is 24.3 Å². The number of ketones is 2. The number of benzene rings is 1. The van der Waals surface area contributed by atoms with Crippen molar-refractivity contribution in [2.75, 3.05) is 11.5 Å². The minimum Gasteiger partial charge on any atom is -0.398 e. The fraction of sp³-hybridized carbons (Fsp3) is 0. The molecule has 1 aliphatic rings. The van der Waals surface area contributed by atoms with Crippen LogP contribution in [0.4, 0.5) is 11.4 Å². The van der Waals surface area contributed by atoms with Gasteiger partial charge in [-0.2, -0.15) is 0 Å². The number of hydrogen-bond acceptors (Lipinski definition) is 4. The van der Waals surface area contributed by atoms with Crippen LogP contribution in [0.5, 0.6) is 0 Å². The zero-order valence-corrected chi connectivity index (χ0v) is 9.69. The van der Waals surface area contributed by atoms with Crippen LogP contribution < -0.4 is 11.5 Å². The molecule has 4 heteroatoms. The number of carbonyl (C=O) groups is 2. The summed E-state index contributed by atoms with van der Waals surface area (Å²) in [5, 5.41) is 0. The molecule has 1 aromatic carbocycles. The van der Waals surface area contributed by atoms with Crippen LogP contribution in [0, 0.1) is 0 Å². The zero-order valence-electron chi connectivity index (χ0n) is 9.69. The van der Waals surface area contributed by atoms with Gasteiger partial charge in [-0.25, -0.2) is 0 Å². The lowest BCUT2D eigenvalue weighted by atomic mass is 9.82. The molecule has 0 atom stereocenters. The van der Waals surface area contributed by atoms with Crippen molar-refractivity contribution in [2.45, 2.75) is 0 Å². The molecule has 90 valence electrons. The minimum atomic E-state index is -0.348. The fourth-order valence-corrected chi connectivity index (χ4v) is 2.04. The second kappa shape index (κ2) is 4.00. The van der Waals surface area contributed by atoms with Gasteiger partial charge in [-0.05, 0) is 12.1 Å². The van der Waals surface area contributed by atoms with Gasteiger partial charge in [0.15, 0.2) is 11.6 Å². The Kier molecular flexibility index (Phi) is 2.63. The summed E-state index contributed by atoms with van der Waals surface area (Å²) in [6, 6.07) is 3.03. The van der Waals surface area contributed by atoms with E-state index in [0.717, 1.165) is 0 Å². The van der Waals surface area contributed by atoms with Gasteiger partial charge >= 0.3 is 0 Å². The molecule has 0 unspecified atom stereocenters. The van der Waals surface area contributed by atoms with Crippen LogP contribution in [0.2, 0.25) is 0 Å². The van der Waals surface area contributed by atoms with Gasteiger partial charge in [-0.15, -0.1) is 0 Å². The Hall–Kier alpha value is -2.62. The van der Waals surface area contributed by atoms with Crippen LogP contribution in [-0.2, 0) is 0 Å². The number of fused-ring (bicyclic) bond motifs is 1. The van der Waals surface area contributed by atoms with Crippen LogP contribution in [0.1, 0.15) is 20.7 Å². The molecule has 4 N–H and O–H groups in total. The van der Waals surface area contributed by atoms with Crippen molar-refractivity contribution in [2.24, 2.45) is 0 Å². The average molecular weight is 240 g/mol. The molecular weight excluding hydrogens is 228 g/mol. The van der Waals surface area contributed by atoms with E-state index in [1.54, 1.807) is 0 Å². The summed E-state index contributed by atoms with van der Waals surface area (Å²) >= 11 is 0. The van der Waals surface area contributed by atoms with Gasteiger partial charge in [-0.1, -0.05) is 25.3 Å². The van der Waals surface area contributed by atoms with E-state index in [2.05, 4.69) is 13.2 Å². The largest absolute Gasteiger partial charge is 0.398 e. The highest BCUT2D eigenvalue weighted by atomic mass is 16.1. The van der Waals surface area contributed by atoms with E-state index in [9.17, 15) is 9.59 Å². The lowest BCUT2D eigenvalue weighted by Gasteiger charge is -2.20. The standard InChI is InChI=1S/C14H12N2O2/c1-3-7-8(4-2)14(18)12-10(16)6-5-9(15)11(12)13(7)17/h3-6H,1-2,15-16H2. The van der Waals surface area contributed by atoms with E-state index >= 15 is 0 Å². The third kappa shape index (κ3) is 1.39. The molecule has 0 saturated heterocycles. The maximum absolute atomic E-state index is 12.3. The van der Waals surface area contributed by atoms with Crippen molar-refractivity contribution < 1.29 is 9.59 Å². The third-order valence-corrected chi connectivity index (χ3v) is 2.91. The fourth-order valence-electron chi connectivity index (χ4n) is 2.04. The van der Waals surface area contributed by atoms with Crippen LogP contribution in [-0.4, -0.2) is 11.6 Å². The second-order valence-corrected chi connectivity index (χ2v) is 3.89. The quantitative estimate of drug-likeness (QED) is 0.773. The smallest absolute Gasteiger partial charge is 0.196 e. The van der Waals surface area contributed by atoms with Crippen molar-refractivity contribution in [1.29, 1.82) is 0 Å². The van der Waals surface area contributed by atoms with E-state index in [0.29, 0.717) is 0 Å². The molecule has 0 heterocycles. The predicted molar refractivity (Wildman–Crippen MR) is 71.3 cm³/mol. The molecule has 1 aliphatic carbocycles. The SMILES string of the molecule is C=CC1=C(C=C)C(=O)c2c(N)ccc(N)c2C1=O. The molecule has 0 aliphatic heterocycles. The Morgan fingerprint density at radius 3 is 1.44 bits per heavy atom. The van der Waals surface area contributed by atoms with Gasteiger partial charge in [0.05, 0.1) is 11.1 Å². The summed E-state index contributed by atoms with van der Waals surface area (Å²) in [5.41, 5.74) is 12.7. The molecule has 0 spiro atoms. The lowest BCUT2D eigenvalue weighted by molar-refractivity contribution is 0.0982. The number of anilines is 2. The van der Waals surface area contributed by atoms with Crippen LogP contribution in [0.15, 0.2) is 48.6 Å². The topological polar surface area (TPSA) is 86.2 Å². The summed E-state index contributed by atoms with van der Waals surface area (Å²) in [6.07, 6.45) is 2.67. The lowest BCUT2D eigenvalue weighted by Crippen LogP contribution is -2.23. The molecule has 1 aromatic rings. The molecule has 4 nitrogen and oxygen atoms in total. The number of nitrogens with two attached hydrogens (primary N) is 2. The van der Waals surface area contributed by atoms with Crippen molar-refractivity contribution in [3.63, 3.8) is 0 Å². The van der Waals surface area contributed by atoms with E-state index in [4.69, 9.17) is 11.5 Å². The average Bonchev–Trinajstić information content (AvgIpc) is 2.35. The number of Topliss-reactive ketones (excluding diaryl/α,β-unsaturated/α-hetero) is 2. The monoisotopic (exact) mass is 240 g/mol. The van der Waals surface area contributed by atoms with Crippen LogP contribution >= 0.6 is 0 Å². The summed E-state index contributed by atoms with van der Waals surface area (Å²) in [6.45, 7) is 7.08. The molecule has 0 amide bonds. The summed E-state index contributed by atoms with van der Waals surface area (Å²) in [4.78, 5) is 24.5. The maximum atomic E-state index is 12.3. The normalized spacial score (nSPS) is 14.4. The van der Waals surface area contributed by atoms with Gasteiger partial charge in [0.2, 0.25) is 0 Å². The van der Waals surface area contributed by atoms with Gasteiger partial charge in [0.1, 0.15) is 0 Å². The van der Waals surface area contributed by atoms with E-state index in [-0.39, 0.29) is 45.2 Å². The first-order valence-electron chi connectivity index (χ1n) is 5.29. The molecule has 0 fully saturated rings. The van der Waals surface area contributed by atoms with Crippen molar-refractivity contribution in [3.05, 3.63) is 59.7 Å². The molecule has 0 radical (unpaired) electrons. The first-order chi connectivity index (χ1) is 8.52. The maximum Gasteiger partial charge on any atom is 0.196 e. The zero-order chi connectivity index (χ0) is 13.4. The molecule has 18 heavy (non-hydrogen) atoms. The van der Waals surface area contributed by atoms with Crippen LogP contribution in [0.3, 0.4) is 0 Å². The minimum absolute atomic E-state index is 0.153. The molecule has 0 saturated carbocycles. The first kappa shape index (κ1) is 11.9. The Labute approximate surface area is 104 Å². The first-order valence-corrected chi connectivity index (χ1v) is 5.29. The van der Waals surface area contributed by atoms with Gasteiger partial charge in [0, 0.05) is 22.5 Å². The Morgan fingerprint density at radius 2 is 1.17 bits per heavy atom. The number of rotatable bonds is 2. The summed E-state index contributed by atoms with van der Waals surface area (Å²) < 4.78 is 0. The third-order valence-electron chi connectivity index (χ3n) is 2.91. The highest BCUT2D eigenvalue weighted by Crippen LogP contribution is 2.34. The van der Waals surface area contributed by atoms with E-state index < -0.39 is 0 Å². The molecule has 0 bridgehead atoms. The highest BCUT2D eigenvalue weighted by Gasteiger charge is 2.32.